The number of urea groups is 1. The Morgan fingerprint density at radius 1 is 1.10 bits per heavy atom. The molecular formula is C22H26F3N3OS. The van der Waals surface area contributed by atoms with Crippen LogP contribution in [0.3, 0.4) is 0 Å². The second kappa shape index (κ2) is 10.2. The minimum absolute atomic E-state index is 0.336. The average Bonchev–Trinajstić information content (AvgIpc) is 2.73. The SMILES string of the molecule is CSc1ccccc1CN1CCC(CNC(=O)Nc2ccc(C(F)(F)F)cc2)CC1. The molecule has 162 valence electrons. The van der Waals surface area contributed by atoms with Crippen LogP contribution in [0.2, 0.25) is 0 Å². The molecule has 0 saturated carbocycles. The molecule has 1 aliphatic rings. The summed E-state index contributed by atoms with van der Waals surface area (Å²) in [4.78, 5) is 15.8. The van der Waals surface area contributed by atoms with E-state index >= 15 is 0 Å². The Morgan fingerprint density at radius 2 is 1.77 bits per heavy atom. The molecule has 0 bridgehead atoms. The van der Waals surface area contributed by atoms with Gasteiger partial charge >= 0.3 is 12.2 Å². The van der Waals surface area contributed by atoms with Crippen LogP contribution in [-0.4, -0.2) is 36.8 Å². The summed E-state index contributed by atoms with van der Waals surface area (Å²) in [5.41, 5.74) is 0.945. The van der Waals surface area contributed by atoms with Crippen LogP contribution in [0.15, 0.2) is 53.4 Å². The number of rotatable bonds is 6. The molecular weight excluding hydrogens is 411 g/mol. The molecule has 2 aromatic carbocycles. The third-order valence-corrected chi connectivity index (χ3v) is 6.15. The van der Waals surface area contributed by atoms with E-state index in [0.717, 1.165) is 44.6 Å². The number of hydrogen-bond donors (Lipinski definition) is 2. The fourth-order valence-electron chi connectivity index (χ4n) is 3.58. The minimum atomic E-state index is -4.38. The van der Waals surface area contributed by atoms with Crippen molar-refractivity contribution in [2.75, 3.05) is 31.2 Å². The number of amides is 2. The van der Waals surface area contributed by atoms with E-state index in [1.54, 1.807) is 11.8 Å². The van der Waals surface area contributed by atoms with Crippen LogP contribution >= 0.6 is 11.8 Å². The number of carbonyl (C=O) groups excluding carboxylic acids is 1. The second-order valence-electron chi connectivity index (χ2n) is 7.44. The summed E-state index contributed by atoms with van der Waals surface area (Å²) < 4.78 is 37.8. The highest BCUT2D eigenvalue weighted by molar-refractivity contribution is 7.98. The van der Waals surface area contributed by atoms with Crippen molar-refractivity contribution < 1.29 is 18.0 Å². The summed E-state index contributed by atoms with van der Waals surface area (Å²) >= 11 is 1.76. The van der Waals surface area contributed by atoms with Gasteiger partial charge in [0.25, 0.3) is 0 Å². The maximum atomic E-state index is 12.6. The maximum absolute atomic E-state index is 12.6. The lowest BCUT2D eigenvalue weighted by atomic mass is 9.96. The number of nitrogens with zero attached hydrogens (tertiary/aromatic N) is 1. The predicted molar refractivity (Wildman–Crippen MR) is 115 cm³/mol. The van der Waals surface area contributed by atoms with Crippen LogP contribution in [0.25, 0.3) is 0 Å². The molecule has 4 nitrogen and oxygen atoms in total. The summed E-state index contributed by atoms with van der Waals surface area (Å²) in [5.74, 6) is 0.399. The van der Waals surface area contributed by atoms with Crippen LogP contribution in [0.1, 0.15) is 24.0 Å². The molecule has 0 atom stereocenters. The van der Waals surface area contributed by atoms with Gasteiger partial charge in [0, 0.05) is 23.7 Å². The summed E-state index contributed by atoms with van der Waals surface area (Å²) in [5, 5.41) is 5.42. The molecule has 2 N–H and O–H groups in total. The summed E-state index contributed by atoms with van der Waals surface area (Å²) in [7, 11) is 0. The molecule has 30 heavy (non-hydrogen) atoms. The molecule has 1 aliphatic heterocycles. The zero-order chi connectivity index (χ0) is 21.6. The van der Waals surface area contributed by atoms with Crippen molar-refractivity contribution in [3.8, 4) is 0 Å². The van der Waals surface area contributed by atoms with Crippen LogP contribution in [0.4, 0.5) is 23.7 Å². The van der Waals surface area contributed by atoms with Crippen molar-refractivity contribution in [1.29, 1.82) is 0 Å². The molecule has 1 heterocycles. The second-order valence-corrected chi connectivity index (χ2v) is 8.29. The number of likely N-dealkylation sites (tertiary alicyclic amines) is 1. The van der Waals surface area contributed by atoms with Gasteiger partial charge in [-0.15, -0.1) is 11.8 Å². The number of halogens is 3. The van der Waals surface area contributed by atoms with Crippen LogP contribution < -0.4 is 10.6 Å². The molecule has 0 spiro atoms. The van der Waals surface area contributed by atoms with Gasteiger partial charge in [-0.1, -0.05) is 18.2 Å². The van der Waals surface area contributed by atoms with E-state index in [9.17, 15) is 18.0 Å². The minimum Gasteiger partial charge on any atom is -0.338 e. The van der Waals surface area contributed by atoms with Crippen molar-refractivity contribution in [2.24, 2.45) is 5.92 Å². The number of alkyl halides is 3. The van der Waals surface area contributed by atoms with Crippen molar-refractivity contribution >= 4 is 23.5 Å². The first kappa shape index (κ1) is 22.5. The average molecular weight is 438 g/mol. The van der Waals surface area contributed by atoms with E-state index in [0.29, 0.717) is 18.2 Å². The summed E-state index contributed by atoms with van der Waals surface area (Å²) in [6.45, 7) is 3.46. The lowest BCUT2D eigenvalue weighted by molar-refractivity contribution is -0.137. The van der Waals surface area contributed by atoms with Gasteiger partial charge in [-0.05, 0) is 74.0 Å². The first-order valence-corrected chi connectivity index (χ1v) is 11.1. The van der Waals surface area contributed by atoms with E-state index in [4.69, 9.17) is 0 Å². The van der Waals surface area contributed by atoms with Gasteiger partial charge < -0.3 is 10.6 Å². The molecule has 1 fully saturated rings. The van der Waals surface area contributed by atoms with Crippen LogP contribution in [0, 0.1) is 5.92 Å². The van der Waals surface area contributed by atoms with Gasteiger partial charge in [-0.2, -0.15) is 13.2 Å². The molecule has 8 heteroatoms. The monoisotopic (exact) mass is 437 g/mol. The topological polar surface area (TPSA) is 44.4 Å². The van der Waals surface area contributed by atoms with Gasteiger partial charge in [-0.3, -0.25) is 4.90 Å². The van der Waals surface area contributed by atoms with E-state index in [1.807, 2.05) is 0 Å². The van der Waals surface area contributed by atoms with Crippen LogP contribution in [0.5, 0.6) is 0 Å². The zero-order valence-electron chi connectivity index (χ0n) is 16.8. The lowest BCUT2D eigenvalue weighted by Gasteiger charge is -2.32. The fourth-order valence-corrected chi connectivity index (χ4v) is 4.19. The van der Waals surface area contributed by atoms with Gasteiger partial charge in [-0.25, -0.2) is 4.79 Å². The Labute approximate surface area is 179 Å². The molecule has 0 unspecified atom stereocenters. The summed E-state index contributed by atoms with van der Waals surface area (Å²) in [6, 6.07) is 12.5. The molecule has 1 saturated heterocycles. The Kier molecular flexibility index (Phi) is 7.66. The molecule has 2 amide bonds. The first-order valence-electron chi connectivity index (χ1n) is 9.91. The van der Waals surface area contributed by atoms with Gasteiger partial charge in [0.15, 0.2) is 0 Å². The van der Waals surface area contributed by atoms with Crippen molar-refractivity contribution in [3.05, 3.63) is 59.7 Å². The quantitative estimate of drug-likeness (QED) is 0.590. The Balaban J connectivity index is 1.39. The molecule has 0 aliphatic carbocycles. The smallest absolute Gasteiger partial charge is 0.338 e. The number of nitrogens with one attached hydrogen (secondary N) is 2. The Bertz CT molecular complexity index is 834. The number of thioether (sulfide) groups is 1. The highest BCUT2D eigenvalue weighted by atomic mass is 32.2. The normalized spacial score (nSPS) is 15.7. The zero-order valence-corrected chi connectivity index (χ0v) is 17.7. The lowest BCUT2D eigenvalue weighted by Crippen LogP contribution is -2.39. The number of hydrogen-bond acceptors (Lipinski definition) is 3. The first-order chi connectivity index (χ1) is 14.3. The number of benzene rings is 2. The Morgan fingerprint density at radius 3 is 2.40 bits per heavy atom. The largest absolute Gasteiger partial charge is 0.416 e. The Hall–Kier alpha value is -2.19. The van der Waals surface area contributed by atoms with Crippen molar-refractivity contribution in [3.63, 3.8) is 0 Å². The van der Waals surface area contributed by atoms with E-state index in [1.165, 1.54) is 22.6 Å². The molecule has 0 aromatic heterocycles. The van der Waals surface area contributed by atoms with Crippen molar-refractivity contribution in [2.45, 2.75) is 30.5 Å². The maximum Gasteiger partial charge on any atom is 0.416 e. The van der Waals surface area contributed by atoms with Gasteiger partial charge in [0.05, 0.1) is 5.56 Å². The van der Waals surface area contributed by atoms with Crippen LogP contribution in [-0.2, 0) is 12.7 Å². The highest BCUT2D eigenvalue weighted by Gasteiger charge is 2.30. The van der Waals surface area contributed by atoms with Gasteiger partial charge in [0.1, 0.15) is 0 Å². The molecule has 0 radical (unpaired) electrons. The third kappa shape index (κ3) is 6.40. The van der Waals surface area contributed by atoms with E-state index in [-0.39, 0.29) is 0 Å². The van der Waals surface area contributed by atoms with Crippen molar-refractivity contribution in [1.82, 2.24) is 10.2 Å². The number of carbonyl (C=O) groups is 1. The number of piperidine rings is 1. The fraction of sp³-hybridized carbons (Fsp3) is 0.409. The predicted octanol–water partition coefficient (Wildman–Crippen LogP) is 5.46. The third-order valence-electron chi connectivity index (χ3n) is 5.32. The van der Waals surface area contributed by atoms with E-state index in [2.05, 4.69) is 46.1 Å². The van der Waals surface area contributed by atoms with E-state index < -0.39 is 17.8 Å². The standard InChI is InChI=1S/C22H26F3N3OS/c1-30-20-5-3-2-4-17(20)15-28-12-10-16(11-13-28)14-26-21(29)27-19-8-6-18(7-9-19)22(23,24)25/h2-9,16H,10-15H2,1H3,(H2,26,27,29). The summed E-state index contributed by atoms with van der Waals surface area (Å²) in [6.07, 6.45) is -0.288. The highest BCUT2D eigenvalue weighted by Crippen LogP contribution is 2.30. The molecule has 3 rings (SSSR count). The number of anilines is 1. The molecule has 2 aromatic rings. The van der Waals surface area contributed by atoms with Gasteiger partial charge in [0.2, 0.25) is 0 Å².